The van der Waals surface area contributed by atoms with Crippen molar-refractivity contribution < 1.29 is 18.8 Å². The standard InChI is InChI=1S/C18H26IN3O4/c1-18(2,3)25-17(24)21-12-8-6-11(7-9-12)20-16(23)14-13(19)15(26-22-14)10-4-5-10/h10-12H,4-9H2,1-3H3,(H,20,23)(H,21,24). The second kappa shape index (κ2) is 7.74. The number of aromatic nitrogens is 1. The number of hydrogen-bond acceptors (Lipinski definition) is 5. The highest BCUT2D eigenvalue weighted by atomic mass is 127. The highest BCUT2D eigenvalue weighted by Gasteiger charge is 2.33. The van der Waals surface area contributed by atoms with Gasteiger partial charge in [0, 0.05) is 18.0 Å². The first-order valence-electron chi connectivity index (χ1n) is 9.18. The average molecular weight is 475 g/mol. The van der Waals surface area contributed by atoms with Crippen LogP contribution in [0.2, 0.25) is 0 Å². The lowest BCUT2D eigenvalue weighted by atomic mass is 9.91. The van der Waals surface area contributed by atoms with Gasteiger partial charge in [0.2, 0.25) is 0 Å². The molecule has 8 heteroatoms. The van der Waals surface area contributed by atoms with E-state index in [1.54, 1.807) is 0 Å². The molecule has 7 nitrogen and oxygen atoms in total. The van der Waals surface area contributed by atoms with E-state index in [0.29, 0.717) is 11.6 Å². The SMILES string of the molecule is CC(C)(C)OC(=O)NC1CCC(NC(=O)c2noc(C3CC3)c2I)CC1. The fraction of sp³-hybridized carbons (Fsp3) is 0.722. The van der Waals surface area contributed by atoms with Crippen LogP contribution in [0, 0.1) is 3.57 Å². The number of rotatable bonds is 4. The summed E-state index contributed by atoms with van der Waals surface area (Å²) in [6.45, 7) is 5.54. The Labute approximate surface area is 167 Å². The molecule has 0 unspecified atom stereocenters. The van der Waals surface area contributed by atoms with Crippen molar-refractivity contribution in [2.75, 3.05) is 0 Å². The molecular weight excluding hydrogens is 449 g/mol. The molecule has 2 fully saturated rings. The minimum Gasteiger partial charge on any atom is -0.444 e. The largest absolute Gasteiger partial charge is 0.444 e. The number of ether oxygens (including phenoxy) is 1. The zero-order valence-electron chi connectivity index (χ0n) is 15.4. The van der Waals surface area contributed by atoms with Crippen molar-refractivity contribution in [2.24, 2.45) is 0 Å². The molecule has 1 heterocycles. The first kappa shape index (κ1) is 19.4. The fourth-order valence-electron chi connectivity index (χ4n) is 3.14. The van der Waals surface area contributed by atoms with Gasteiger partial charge in [-0.3, -0.25) is 4.79 Å². The van der Waals surface area contributed by atoms with Gasteiger partial charge >= 0.3 is 6.09 Å². The van der Waals surface area contributed by atoms with E-state index in [-0.39, 0.29) is 24.1 Å². The van der Waals surface area contributed by atoms with Gasteiger partial charge in [-0.25, -0.2) is 4.79 Å². The van der Waals surface area contributed by atoms with Crippen LogP contribution in [-0.2, 0) is 4.74 Å². The number of carbonyl (C=O) groups excluding carboxylic acids is 2. The summed E-state index contributed by atoms with van der Waals surface area (Å²) in [6.07, 6.45) is 5.10. The Morgan fingerprint density at radius 2 is 1.65 bits per heavy atom. The van der Waals surface area contributed by atoms with Crippen LogP contribution in [0.15, 0.2) is 4.52 Å². The van der Waals surface area contributed by atoms with Gasteiger partial charge in [-0.05, 0) is 81.9 Å². The zero-order chi connectivity index (χ0) is 18.9. The van der Waals surface area contributed by atoms with Gasteiger partial charge in [0.05, 0.1) is 3.57 Å². The van der Waals surface area contributed by atoms with Crippen molar-refractivity contribution in [2.45, 2.75) is 82.9 Å². The first-order chi connectivity index (χ1) is 12.2. The third-order valence-corrected chi connectivity index (χ3v) is 5.65. The normalized spacial score (nSPS) is 23.4. The van der Waals surface area contributed by atoms with Crippen LogP contribution in [0.4, 0.5) is 4.79 Å². The highest BCUT2D eigenvalue weighted by Crippen LogP contribution is 2.42. The maximum absolute atomic E-state index is 12.5. The molecule has 26 heavy (non-hydrogen) atoms. The molecule has 0 aromatic carbocycles. The van der Waals surface area contributed by atoms with Gasteiger partial charge in [0.15, 0.2) is 11.5 Å². The molecule has 1 aromatic heterocycles. The Balaban J connectivity index is 1.45. The third kappa shape index (κ3) is 5.11. The highest BCUT2D eigenvalue weighted by molar-refractivity contribution is 14.1. The topological polar surface area (TPSA) is 93.5 Å². The molecule has 2 N–H and O–H groups in total. The molecule has 0 aliphatic heterocycles. The number of hydrogen-bond donors (Lipinski definition) is 2. The molecule has 0 atom stereocenters. The molecule has 3 rings (SSSR count). The predicted octanol–water partition coefficient (Wildman–Crippen LogP) is 3.72. The second-order valence-corrected chi connectivity index (χ2v) is 9.23. The molecule has 1 aromatic rings. The van der Waals surface area contributed by atoms with Crippen molar-refractivity contribution in [3.8, 4) is 0 Å². The number of carbonyl (C=O) groups is 2. The van der Waals surface area contributed by atoms with E-state index in [0.717, 1.165) is 47.9 Å². The molecule has 2 aliphatic rings. The van der Waals surface area contributed by atoms with Gasteiger partial charge in [0.25, 0.3) is 5.91 Å². The average Bonchev–Trinajstić information content (AvgIpc) is 3.30. The van der Waals surface area contributed by atoms with Gasteiger partial charge in [0.1, 0.15) is 5.60 Å². The van der Waals surface area contributed by atoms with Gasteiger partial charge in [-0.1, -0.05) is 5.16 Å². The van der Waals surface area contributed by atoms with E-state index < -0.39 is 5.60 Å². The van der Waals surface area contributed by atoms with E-state index in [4.69, 9.17) is 9.26 Å². The van der Waals surface area contributed by atoms with Crippen molar-refractivity contribution in [1.82, 2.24) is 15.8 Å². The minimum atomic E-state index is -0.497. The maximum Gasteiger partial charge on any atom is 0.407 e. The molecule has 2 amide bonds. The summed E-state index contributed by atoms with van der Waals surface area (Å²) in [5, 5.41) is 9.92. The maximum atomic E-state index is 12.5. The molecule has 2 aliphatic carbocycles. The lowest BCUT2D eigenvalue weighted by Crippen LogP contribution is -2.45. The number of nitrogens with one attached hydrogen (secondary N) is 2. The van der Waals surface area contributed by atoms with Crippen LogP contribution in [0.25, 0.3) is 0 Å². The van der Waals surface area contributed by atoms with E-state index >= 15 is 0 Å². The van der Waals surface area contributed by atoms with E-state index in [1.807, 2.05) is 20.8 Å². The van der Waals surface area contributed by atoms with Crippen molar-refractivity contribution in [3.63, 3.8) is 0 Å². The summed E-state index contributed by atoms with van der Waals surface area (Å²) in [6, 6.07) is 0.183. The van der Waals surface area contributed by atoms with Gasteiger partial charge in [-0.2, -0.15) is 0 Å². The quantitative estimate of drug-likeness (QED) is 0.648. The molecule has 0 saturated heterocycles. The minimum absolute atomic E-state index is 0.0895. The summed E-state index contributed by atoms with van der Waals surface area (Å²) < 4.78 is 11.5. The van der Waals surface area contributed by atoms with E-state index in [9.17, 15) is 9.59 Å². The number of nitrogens with zero attached hydrogens (tertiary/aromatic N) is 1. The predicted molar refractivity (Wildman–Crippen MR) is 104 cm³/mol. The summed E-state index contributed by atoms with van der Waals surface area (Å²) in [5.74, 6) is 1.11. The van der Waals surface area contributed by atoms with Crippen LogP contribution in [0.1, 0.15) is 81.5 Å². The fourth-order valence-corrected chi connectivity index (χ4v) is 4.02. The zero-order valence-corrected chi connectivity index (χ0v) is 17.6. The molecule has 0 radical (unpaired) electrons. The molecular formula is C18H26IN3O4. The Hall–Kier alpha value is -1.32. The molecule has 2 saturated carbocycles. The van der Waals surface area contributed by atoms with Crippen LogP contribution in [-0.4, -0.2) is 34.8 Å². The molecule has 0 bridgehead atoms. The van der Waals surface area contributed by atoms with Crippen molar-refractivity contribution >= 4 is 34.6 Å². The number of halogens is 1. The summed E-state index contributed by atoms with van der Waals surface area (Å²) >= 11 is 2.15. The lowest BCUT2D eigenvalue weighted by Gasteiger charge is -2.30. The van der Waals surface area contributed by atoms with Crippen LogP contribution < -0.4 is 10.6 Å². The summed E-state index contributed by atoms with van der Waals surface area (Å²) in [7, 11) is 0. The Kier molecular flexibility index (Phi) is 5.78. The lowest BCUT2D eigenvalue weighted by molar-refractivity contribution is 0.0488. The smallest absolute Gasteiger partial charge is 0.407 e. The van der Waals surface area contributed by atoms with Crippen molar-refractivity contribution in [3.05, 3.63) is 15.0 Å². The van der Waals surface area contributed by atoms with Crippen LogP contribution in [0.5, 0.6) is 0 Å². The summed E-state index contributed by atoms with van der Waals surface area (Å²) in [5.41, 5.74) is -0.106. The Bertz CT molecular complexity index is 670. The monoisotopic (exact) mass is 475 g/mol. The number of amides is 2. The number of alkyl carbamates (subject to hydrolysis) is 1. The second-order valence-electron chi connectivity index (χ2n) is 8.15. The Morgan fingerprint density at radius 1 is 1.08 bits per heavy atom. The summed E-state index contributed by atoms with van der Waals surface area (Å²) in [4.78, 5) is 24.3. The molecule has 144 valence electrons. The van der Waals surface area contributed by atoms with Crippen LogP contribution >= 0.6 is 22.6 Å². The third-order valence-electron chi connectivity index (χ3n) is 4.61. The van der Waals surface area contributed by atoms with Crippen molar-refractivity contribution in [1.29, 1.82) is 0 Å². The van der Waals surface area contributed by atoms with Gasteiger partial charge < -0.3 is 19.9 Å². The molecule has 0 spiro atoms. The van der Waals surface area contributed by atoms with Crippen LogP contribution in [0.3, 0.4) is 0 Å². The Morgan fingerprint density at radius 3 is 2.19 bits per heavy atom. The first-order valence-corrected chi connectivity index (χ1v) is 10.3. The van der Waals surface area contributed by atoms with Gasteiger partial charge in [-0.15, -0.1) is 0 Å². The van der Waals surface area contributed by atoms with E-state index in [1.165, 1.54) is 0 Å². The van der Waals surface area contributed by atoms with E-state index in [2.05, 4.69) is 38.4 Å².